The summed E-state index contributed by atoms with van der Waals surface area (Å²) in [6.45, 7) is 0. The number of benzene rings is 3. The summed E-state index contributed by atoms with van der Waals surface area (Å²) < 4.78 is 38.4. The van der Waals surface area contributed by atoms with Gasteiger partial charge in [0.05, 0.1) is 30.5 Å². The van der Waals surface area contributed by atoms with Crippen molar-refractivity contribution in [1.29, 1.82) is 0 Å². The number of ether oxygens (including phenoxy) is 2. The lowest BCUT2D eigenvalue weighted by Crippen LogP contribution is -2.13. The average Bonchev–Trinajstić information content (AvgIpc) is 2.73. The van der Waals surface area contributed by atoms with E-state index in [-0.39, 0.29) is 10.6 Å². The second-order valence-electron chi connectivity index (χ2n) is 5.99. The van der Waals surface area contributed by atoms with Crippen molar-refractivity contribution in [2.45, 2.75) is 4.90 Å². The maximum absolute atomic E-state index is 12.8. The van der Waals surface area contributed by atoms with Gasteiger partial charge < -0.3 is 14.6 Å². The van der Waals surface area contributed by atoms with Gasteiger partial charge >= 0.3 is 0 Å². The van der Waals surface area contributed by atoms with E-state index in [2.05, 4.69) is 9.71 Å². The number of aromatic hydroxyl groups is 1. The number of nitrogens with zero attached hydrogens (tertiary/aromatic N) is 1. The summed E-state index contributed by atoms with van der Waals surface area (Å²) in [7, 11) is -0.851. The Morgan fingerprint density at radius 1 is 0.966 bits per heavy atom. The van der Waals surface area contributed by atoms with Gasteiger partial charge in [0.2, 0.25) is 0 Å². The number of phenolic OH excluding ortho intramolecular Hbond substituents is 1. The van der Waals surface area contributed by atoms with Gasteiger partial charge in [0.25, 0.3) is 10.0 Å². The van der Waals surface area contributed by atoms with Crippen molar-refractivity contribution in [1.82, 2.24) is 0 Å². The van der Waals surface area contributed by atoms with Gasteiger partial charge in [-0.1, -0.05) is 18.2 Å². The van der Waals surface area contributed by atoms with Crippen molar-refractivity contribution >= 4 is 27.6 Å². The summed E-state index contributed by atoms with van der Waals surface area (Å²) in [5.74, 6) is 1.02. The summed E-state index contributed by atoms with van der Waals surface area (Å²) in [4.78, 5) is 4.32. The van der Waals surface area contributed by atoms with Crippen molar-refractivity contribution in [2.24, 2.45) is 4.99 Å². The predicted molar refractivity (Wildman–Crippen MR) is 112 cm³/mol. The monoisotopic (exact) mass is 412 g/mol. The molecular formula is C21H20N2O5S. The molecule has 2 N–H and O–H groups in total. The van der Waals surface area contributed by atoms with Gasteiger partial charge in [0.15, 0.2) is 0 Å². The fourth-order valence-corrected chi connectivity index (χ4v) is 3.68. The molecule has 0 fully saturated rings. The first kappa shape index (κ1) is 20.2. The quantitative estimate of drug-likeness (QED) is 0.573. The molecule has 0 unspecified atom stereocenters. The fraction of sp³-hybridized carbons (Fsp3) is 0.0952. The molecule has 0 aromatic heterocycles. The lowest BCUT2D eigenvalue weighted by Gasteiger charge is -2.11. The first-order chi connectivity index (χ1) is 13.9. The molecule has 0 aliphatic rings. The summed E-state index contributed by atoms with van der Waals surface area (Å²) in [6, 6.07) is 17.7. The van der Waals surface area contributed by atoms with Gasteiger partial charge in [-0.05, 0) is 48.5 Å². The van der Waals surface area contributed by atoms with Crippen LogP contribution in [0.1, 0.15) is 5.56 Å². The molecule has 29 heavy (non-hydrogen) atoms. The summed E-state index contributed by atoms with van der Waals surface area (Å²) >= 11 is 0. The van der Waals surface area contributed by atoms with E-state index in [4.69, 9.17) is 9.47 Å². The predicted octanol–water partition coefficient (Wildman–Crippen LogP) is 3.96. The van der Waals surface area contributed by atoms with Crippen LogP contribution in [0.15, 0.2) is 76.6 Å². The van der Waals surface area contributed by atoms with E-state index in [0.717, 1.165) is 0 Å². The van der Waals surface area contributed by atoms with Gasteiger partial charge in [0, 0.05) is 11.8 Å². The maximum Gasteiger partial charge on any atom is 0.262 e. The minimum Gasteiger partial charge on any atom is -0.507 e. The molecule has 8 heteroatoms. The fourth-order valence-electron chi connectivity index (χ4n) is 2.57. The number of methoxy groups -OCH3 is 2. The SMILES string of the molecule is COc1ccc(O)c(C=Nc2cccc(S(=O)(=O)Nc3ccccc3OC)c2)c1. The number of hydrogen-bond acceptors (Lipinski definition) is 6. The van der Waals surface area contributed by atoms with Gasteiger partial charge in [0.1, 0.15) is 17.2 Å². The van der Waals surface area contributed by atoms with Crippen LogP contribution in [-0.4, -0.2) is 34.0 Å². The Bertz CT molecular complexity index is 1140. The average molecular weight is 412 g/mol. The molecule has 3 aromatic carbocycles. The Morgan fingerprint density at radius 2 is 1.76 bits per heavy atom. The van der Waals surface area contributed by atoms with Crippen LogP contribution in [0.5, 0.6) is 17.2 Å². The molecule has 0 saturated heterocycles. The molecule has 0 amide bonds. The van der Waals surface area contributed by atoms with E-state index in [1.54, 1.807) is 48.5 Å². The maximum atomic E-state index is 12.8. The van der Waals surface area contributed by atoms with E-state index >= 15 is 0 Å². The zero-order chi connectivity index (χ0) is 20.9. The van der Waals surface area contributed by atoms with E-state index in [1.165, 1.54) is 38.6 Å². The molecule has 7 nitrogen and oxygen atoms in total. The second-order valence-corrected chi connectivity index (χ2v) is 7.67. The summed E-state index contributed by atoms with van der Waals surface area (Å²) in [5, 5.41) is 9.94. The molecule has 0 aliphatic heterocycles. The van der Waals surface area contributed by atoms with Crippen molar-refractivity contribution in [3.8, 4) is 17.2 Å². The third-order valence-electron chi connectivity index (χ3n) is 4.07. The van der Waals surface area contributed by atoms with Crippen LogP contribution < -0.4 is 14.2 Å². The Morgan fingerprint density at radius 3 is 2.52 bits per heavy atom. The van der Waals surface area contributed by atoms with Crippen molar-refractivity contribution in [3.05, 3.63) is 72.3 Å². The van der Waals surface area contributed by atoms with Gasteiger partial charge in [-0.15, -0.1) is 0 Å². The summed E-state index contributed by atoms with van der Waals surface area (Å²) in [5.41, 5.74) is 1.20. The minimum absolute atomic E-state index is 0.0381. The highest BCUT2D eigenvalue weighted by molar-refractivity contribution is 7.92. The molecule has 0 heterocycles. The number of anilines is 1. The number of hydrogen-bond donors (Lipinski definition) is 2. The van der Waals surface area contributed by atoms with Crippen LogP contribution in [0.4, 0.5) is 11.4 Å². The van der Waals surface area contributed by atoms with Gasteiger partial charge in [-0.25, -0.2) is 8.42 Å². The smallest absolute Gasteiger partial charge is 0.262 e. The van der Waals surface area contributed by atoms with Gasteiger partial charge in [-0.3, -0.25) is 9.71 Å². The molecular weight excluding hydrogens is 392 g/mol. The lowest BCUT2D eigenvalue weighted by molar-refractivity contribution is 0.412. The van der Waals surface area contributed by atoms with Crippen LogP contribution in [0.25, 0.3) is 0 Å². The van der Waals surface area contributed by atoms with E-state index in [0.29, 0.717) is 28.4 Å². The number of phenols is 1. The van der Waals surface area contributed by atoms with Crippen LogP contribution in [0.3, 0.4) is 0 Å². The zero-order valence-corrected chi connectivity index (χ0v) is 16.7. The molecule has 3 rings (SSSR count). The topological polar surface area (TPSA) is 97.2 Å². The highest BCUT2D eigenvalue weighted by atomic mass is 32.2. The third-order valence-corrected chi connectivity index (χ3v) is 5.43. The molecule has 0 atom stereocenters. The normalized spacial score (nSPS) is 11.4. The Kier molecular flexibility index (Phi) is 6.04. The molecule has 0 spiro atoms. The second kappa shape index (κ2) is 8.66. The van der Waals surface area contributed by atoms with Crippen molar-refractivity contribution < 1.29 is 23.0 Å². The number of para-hydroxylation sites is 2. The number of aliphatic imine (C=N–C) groups is 1. The van der Waals surface area contributed by atoms with Crippen molar-refractivity contribution in [3.63, 3.8) is 0 Å². The molecule has 0 bridgehead atoms. The lowest BCUT2D eigenvalue weighted by atomic mass is 10.2. The van der Waals surface area contributed by atoms with Crippen molar-refractivity contribution in [2.75, 3.05) is 18.9 Å². The molecule has 0 aliphatic carbocycles. The van der Waals surface area contributed by atoms with Crippen LogP contribution in [0, 0.1) is 0 Å². The minimum atomic E-state index is -3.84. The first-order valence-corrected chi connectivity index (χ1v) is 10.1. The van der Waals surface area contributed by atoms with E-state index < -0.39 is 10.0 Å². The summed E-state index contributed by atoms with van der Waals surface area (Å²) in [6.07, 6.45) is 1.44. The van der Waals surface area contributed by atoms with Crippen LogP contribution in [0.2, 0.25) is 0 Å². The number of rotatable bonds is 7. The standard InChI is InChI=1S/C21H20N2O5S/c1-27-17-10-11-20(24)15(12-17)14-22-16-6-5-7-18(13-16)29(25,26)23-19-8-3-4-9-21(19)28-2/h3-14,23-24H,1-2H3. The van der Waals surface area contributed by atoms with E-state index in [9.17, 15) is 13.5 Å². The highest BCUT2D eigenvalue weighted by Crippen LogP contribution is 2.27. The van der Waals surface area contributed by atoms with Crippen LogP contribution in [-0.2, 0) is 10.0 Å². The Balaban J connectivity index is 1.87. The first-order valence-electron chi connectivity index (χ1n) is 8.60. The number of nitrogens with one attached hydrogen (secondary N) is 1. The third kappa shape index (κ3) is 4.85. The van der Waals surface area contributed by atoms with E-state index in [1.807, 2.05) is 0 Å². The zero-order valence-electron chi connectivity index (χ0n) is 15.9. The van der Waals surface area contributed by atoms with Gasteiger partial charge in [-0.2, -0.15) is 0 Å². The largest absolute Gasteiger partial charge is 0.507 e. The molecule has 0 saturated carbocycles. The molecule has 150 valence electrons. The molecule has 0 radical (unpaired) electrons. The Hall–Kier alpha value is -3.52. The Labute approximate surface area is 169 Å². The number of sulfonamides is 1. The highest BCUT2D eigenvalue weighted by Gasteiger charge is 2.16. The van der Waals surface area contributed by atoms with Crippen LogP contribution >= 0.6 is 0 Å². The molecule has 3 aromatic rings.